The summed E-state index contributed by atoms with van der Waals surface area (Å²) < 4.78 is 0. The van der Waals surface area contributed by atoms with Crippen LogP contribution in [-0.2, 0) is 5.41 Å². The van der Waals surface area contributed by atoms with Gasteiger partial charge in [-0.3, -0.25) is 10.7 Å². The van der Waals surface area contributed by atoms with E-state index in [1.54, 1.807) is 12.1 Å². The molecule has 1 rings (SSSR count). The third-order valence-corrected chi connectivity index (χ3v) is 2.02. The van der Waals surface area contributed by atoms with E-state index in [-0.39, 0.29) is 0 Å². The first-order valence-corrected chi connectivity index (χ1v) is 4.02. The highest BCUT2D eigenvalue weighted by Crippen LogP contribution is 2.23. The first kappa shape index (κ1) is 9.56. The second kappa shape index (κ2) is 3.46. The van der Waals surface area contributed by atoms with Gasteiger partial charge in [-0.15, -0.1) is 0 Å². The molecule has 0 amide bonds. The Kier molecular flexibility index (Phi) is 2.54. The molecule has 0 saturated heterocycles. The molecule has 0 fully saturated rings. The molecule has 3 heteroatoms. The molecule has 0 spiro atoms. The quantitative estimate of drug-likeness (QED) is 0.680. The van der Waals surface area contributed by atoms with Crippen molar-refractivity contribution in [3.05, 3.63) is 29.8 Å². The summed E-state index contributed by atoms with van der Waals surface area (Å²) >= 11 is 0. The molecule has 2 N–H and O–H groups in total. The average molecular weight is 176 g/mol. The fourth-order valence-electron chi connectivity index (χ4n) is 1.03. The van der Waals surface area contributed by atoms with Gasteiger partial charge >= 0.3 is 0 Å². The number of hydrogen-bond donors (Lipinski definition) is 2. The lowest BCUT2D eigenvalue weighted by atomic mass is 9.86. The molecule has 1 aromatic carbocycles. The number of nitrogens with zero attached hydrogens (tertiary/aromatic N) is 1. The Labute approximate surface area is 77.6 Å². The van der Waals surface area contributed by atoms with E-state index in [1.807, 2.05) is 31.5 Å². The summed E-state index contributed by atoms with van der Waals surface area (Å²) in [6.45, 7) is 3.71. The van der Waals surface area contributed by atoms with Crippen molar-refractivity contribution < 1.29 is 5.21 Å². The molecule has 0 heterocycles. The van der Waals surface area contributed by atoms with Crippen LogP contribution in [0, 0.1) is 11.3 Å². The van der Waals surface area contributed by atoms with Gasteiger partial charge in [0.2, 0.25) is 0 Å². The maximum Gasteiger partial charge on any atom is 0.0766 e. The Hall–Kier alpha value is -1.53. The lowest BCUT2D eigenvalue weighted by Gasteiger charge is -2.15. The zero-order valence-corrected chi connectivity index (χ0v) is 7.70. The van der Waals surface area contributed by atoms with E-state index in [0.717, 1.165) is 5.56 Å². The summed E-state index contributed by atoms with van der Waals surface area (Å²) in [5.74, 6) is 0. The first-order valence-electron chi connectivity index (χ1n) is 4.02. The van der Waals surface area contributed by atoms with Crippen molar-refractivity contribution in [3.8, 4) is 6.07 Å². The summed E-state index contributed by atoms with van der Waals surface area (Å²) in [6.07, 6.45) is 0. The van der Waals surface area contributed by atoms with E-state index in [4.69, 9.17) is 10.5 Å². The van der Waals surface area contributed by atoms with Gasteiger partial charge in [-0.2, -0.15) is 5.26 Å². The fraction of sp³-hybridized carbons (Fsp3) is 0.300. The second-order valence-corrected chi connectivity index (χ2v) is 3.43. The van der Waals surface area contributed by atoms with Crippen LogP contribution < -0.4 is 5.48 Å². The van der Waals surface area contributed by atoms with Crippen molar-refractivity contribution in [2.45, 2.75) is 19.3 Å². The summed E-state index contributed by atoms with van der Waals surface area (Å²) in [5.41, 5.74) is 3.12. The van der Waals surface area contributed by atoms with Gasteiger partial charge in [0.25, 0.3) is 0 Å². The van der Waals surface area contributed by atoms with Gasteiger partial charge in [0.1, 0.15) is 0 Å². The Balaban J connectivity index is 3.00. The van der Waals surface area contributed by atoms with Gasteiger partial charge in [-0.25, -0.2) is 0 Å². The first-order chi connectivity index (χ1) is 6.10. The molecule has 13 heavy (non-hydrogen) atoms. The van der Waals surface area contributed by atoms with Gasteiger partial charge in [-0.1, -0.05) is 12.1 Å². The third kappa shape index (κ3) is 1.98. The molecule has 68 valence electrons. The van der Waals surface area contributed by atoms with Crippen LogP contribution in [0.25, 0.3) is 0 Å². The molecule has 0 aromatic heterocycles. The molecule has 0 radical (unpaired) electrons. The Morgan fingerprint density at radius 3 is 2.23 bits per heavy atom. The molecule has 0 aliphatic rings. The summed E-state index contributed by atoms with van der Waals surface area (Å²) in [7, 11) is 0. The summed E-state index contributed by atoms with van der Waals surface area (Å²) in [4.78, 5) is 0. The van der Waals surface area contributed by atoms with Crippen LogP contribution >= 0.6 is 0 Å². The number of rotatable bonds is 2. The maximum atomic E-state index is 8.86. The minimum atomic E-state index is -0.478. The Morgan fingerprint density at radius 2 is 1.85 bits per heavy atom. The third-order valence-electron chi connectivity index (χ3n) is 2.02. The van der Waals surface area contributed by atoms with E-state index in [9.17, 15) is 0 Å². The minimum absolute atomic E-state index is 0.478. The molecular formula is C10H12N2O. The highest BCUT2D eigenvalue weighted by atomic mass is 16.5. The second-order valence-electron chi connectivity index (χ2n) is 3.43. The van der Waals surface area contributed by atoms with Crippen molar-refractivity contribution in [2.75, 3.05) is 5.48 Å². The van der Waals surface area contributed by atoms with Crippen LogP contribution in [0.15, 0.2) is 24.3 Å². The zero-order chi connectivity index (χ0) is 9.90. The molecular weight excluding hydrogens is 164 g/mol. The van der Waals surface area contributed by atoms with Crippen LogP contribution in [0.1, 0.15) is 19.4 Å². The summed E-state index contributed by atoms with van der Waals surface area (Å²) in [6, 6.07) is 9.32. The Bertz CT molecular complexity index is 322. The number of anilines is 1. The molecule has 3 nitrogen and oxygen atoms in total. The van der Waals surface area contributed by atoms with Gasteiger partial charge in [0, 0.05) is 0 Å². The van der Waals surface area contributed by atoms with Crippen molar-refractivity contribution >= 4 is 5.69 Å². The number of hydrogen-bond acceptors (Lipinski definition) is 3. The van der Waals surface area contributed by atoms with Crippen molar-refractivity contribution in [1.82, 2.24) is 0 Å². The zero-order valence-electron chi connectivity index (χ0n) is 7.70. The van der Waals surface area contributed by atoms with Crippen molar-refractivity contribution in [1.29, 1.82) is 5.26 Å². The maximum absolute atomic E-state index is 8.86. The number of benzene rings is 1. The fourth-order valence-corrected chi connectivity index (χ4v) is 1.03. The van der Waals surface area contributed by atoms with Crippen LogP contribution in [0.4, 0.5) is 5.69 Å². The lowest BCUT2D eigenvalue weighted by molar-refractivity contribution is 0.389. The molecule has 0 saturated carbocycles. The SMILES string of the molecule is CC(C)(C#N)c1ccc(NO)cc1. The molecule has 0 aliphatic carbocycles. The smallest absolute Gasteiger partial charge is 0.0766 e. The van der Waals surface area contributed by atoms with E-state index in [0.29, 0.717) is 5.69 Å². The van der Waals surface area contributed by atoms with E-state index < -0.39 is 5.41 Å². The number of nitrogens with one attached hydrogen (secondary N) is 1. The minimum Gasteiger partial charge on any atom is -0.291 e. The van der Waals surface area contributed by atoms with Gasteiger partial charge in [-0.05, 0) is 31.5 Å². The molecule has 0 atom stereocenters. The molecule has 0 aliphatic heterocycles. The molecule has 1 aromatic rings. The standard InChI is InChI=1S/C10H12N2O/c1-10(2,7-11)8-3-5-9(12-13)6-4-8/h3-6,12-13H,1-2H3. The average Bonchev–Trinajstić information content (AvgIpc) is 2.18. The normalized spacial score (nSPS) is 10.6. The van der Waals surface area contributed by atoms with Gasteiger partial charge in [0.15, 0.2) is 0 Å². The molecule has 0 unspecified atom stereocenters. The van der Waals surface area contributed by atoms with Crippen LogP contribution in [0.3, 0.4) is 0 Å². The van der Waals surface area contributed by atoms with E-state index in [2.05, 4.69) is 6.07 Å². The monoisotopic (exact) mass is 176 g/mol. The Morgan fingerprint density at radius 1 is 1.31 bits per heavy atom. The predicted molar refractivity (Wildman–Crippen MR) is 50.5 cm³/mol. The van der Waals surface area contributed by atoms with Crippen molar-refractivity contribution in [2.24, 2.45) is 0 Å². The largest absolute Gasteiger partial charge is 0.291 e. The predicted octanol–water partition coefficient (Wildman–Crippen LogP) is 2.29. The van der Waals surface area contributed by atoms with E-state index in [1.165, 1.54) is 0 Å². The number of nitriles is 1. The van der Waals surface area contributed by atoms with Gasteiger partial charge < -0.3 is 0 Å². The van der Waals surface area contributed by atoms with Crippen LogP contribution in [0.5, 0.6) is 0 Å². The highest BCUT2D eigenvalue weighted by Gasteiger charge is 2.18. The lowest BCUT2D eigenvalue weighted by Crippen LogP contribution is -2.13. The molecule has 0 bridgehead atoms. The topological polar surface area (TPSA) is 56.0 Å². The van der Waals surface area contributed by atoms with Crippen LogP contribution in [-0.4, -0.2) is 5.21 Å². The highest BCUT2D eigenvalue weighted by molar-refractivity contribution is 5.45. The van der Waals surface area contributed by atoms with Gasteiger partial charge in [0.05, 0.1) is 17.2 Å². The summed E-state index contributed by atoms with van der Waals surface area (Å²) in [5, 5.41) is 17.4. The van der Waals surface area contributed by atoms with Crippen LogP contribution in [0.2, 0.25) is 0 Å². The van der Waals surface area contributed by atoms with E-state index >= 15 is 0 Å². The van der Waals surface area contributed by atoms with Crippen molar-refractivity contribution in [3.63, 3.8) is 0 Å².